The van der Waals surface area contributed by atoms with Crippen molar-refractivity contribution in [2.45, 2.75) is 57.5 Å². The Morgan fingerprint density at radius 1 is 1.10 bits per heavy atom. The zero-order valence-corrected chi connectivity index (χ0v) is 19.7. The second kappa shape index (κ2) is 9.21. The summed E-state index contributed by atoms with van der Waals surface area (Å²) in [6.45, 7) is 2.01. The van der Waals surface area contributed by atoms with Crippen molar-refractivity contribution in [3.05, 3.63) is 40.0 Å². The van der Waals surface area contributed by atoms with Gasteiger partial charge in [0.25, 0.3) is 0 Å². The third-order valence-electron chi connectivity index (χ3n) is 6.10. The van der Waals surface area contributed by atoms with Crippen LogP contribution in [0.5, 0.6) is 0 Å². The summed E-state index contributed by atoms with van der Waals surface area (Å²) in [6, 6.07) is 5.82. The van der Waals surface area contributed by atoms with Gasteiger partial charge in [0.1, 0.15) is 5.82 Å². The predicted octanol–water partition coefficient (Wildman–Crippen LogP) is 5.32. The molecule has 0 radical (unpaired) electrons. The minimum atomic E-state index is 0.132. The zero-order chi connectivity index (χ0) is 22.1. The Hall–Kier alpha value is -2.05. The molecule has 1 amide bonds. The molecule has 0 atom stereocenters. The number of rotatable bonds is 6. The van der Waals surface area contributed by atoms with Gasteiger partial charge in [-0.25, -0.2) is 4.98 Å². The largest absolute Gasteiger partial charge is 0.362 e. The van der Waals surface area contributed by atoms with Gasteiger partial charge in [0.2, 0.25) is 11.9 Å². The Bertz CT molecular complexity index is 955. The summed E-state index contributed by atoms with van der Waals surface area (Å²) < 4.78 is 0. The van der Waals surface area contributed by atoms with Crippen molar-refractivity contribution in [3.8, 4) is 0 Å². The standard InChI is InChI=1S/C23H29Cl2N5O/c1-14-13-26-23(28-21(14)29(2)3)27-17-7-9-18(10-8-17)30(22(31)15-4-5-15)20-11-6-16(24)12-19(20)25/h6,11-13,15,17-18H,4-5,7-10H2,1-3H3,(H,26,27,28). The minimum absolute atomic E-state index is 0.132. The molecule has 2 saturated carbocycles. The molecule has 31 heavy (non-hydrogen) atoms. The molecule has 8 heteroatoms. The van der Waals surface area contributed by atoms with E-state index >= 15 is 0 Å². The van der Waals surface area contributed by atoms with Crippen molar-refractivity contribution in [3.63, 3.8) is 0 Å². The van der Waals surface area contributed by atoms with E-state index in [0.29, 0.717) is 16.0 Å². The number of hydrogen-bond acceptors (Lipinski definition) is 5. The SMILES string of the molecule is Cc1cnc(NC2CCC(N(C(=O)C3CC3)c3ccc(Cl)cc3Cl)CC2)nc1N(C)C. The number of carbonyl (C=O) groups excluding carboxylic acids is 1. The molecule has 2 fully saturated rings. The van der Waals surface area contributed by atoms with Crippen LogP contribution in [0.1, 0.15) is 44.1 Å². The molecule has 0 spiro atoms. The van der Waals surface area contributed by atoms with Gasteiger partial charge in [-0.1, -0.05) is 23.2 Å². The molecule has 0 aliphatic heterocycles. The molecule has 1 N–H and O–H groups in total. The lowest BCUT2D eigenvalue weighted by Crippen LogP contribution is -2.45. The molecule has 2 aliphatic carbocycles. The fourth-order valence-electron chi connectivity index (χ4n) is 4.32. The van der Waals surface area contributed by atoms with E-state index in [1.807, 2.05) is 43.1 Å². The number of carbonyl (C=O) groups is 1. The fraction of sp³-hybridized carbons (Fsp3) is 0.522. The van der Waals surface area contributed by atoms with Crippen LogP contribution in [0.15, 0.2) is 24.4 Å². The highest BCUT2D eigenvalue weighted by atomic mass is 35.5. The average Bonchev–Trinajstić information content (AvgIpc) is 3.57. The van der Waals surface area contributed by atoms with Gasteiger partial charge in [-0.15, -0.1) is 0 Å². The number of aryl methyl sites for hydroxylation is 1. The van der Waals surface area contributed by atoms with Gasteiger partial charge in [0, 0.05) is 48.9 Å². The monoisotopic (exact) mass is 461 g/mol. The number of anilines is 3. The second-order valence-corrected chi connectivity index (χ2v) is 9.67. The smallest absolute Gasteiger partial charge is 0.230 e. The quantitative estimate of drug-likeness (QED) is 0.629. The molecule has 4 rings (SSSR count). The van der Waals surface area contributed by atoms with Crippen LogP contribution >= 0.6 is 23.2 Å². The lowest BCUT2D eigenvalue weighted by molar-refractivity contribution is -0.120. The van der Waals surface area contributed by atoms with Gasteiger partial charge in [-0.3, -0.25) is 4.79 Å². The number of amides is 1. The summed E-state index contributed by atoms with van der Waals surface area (Å²) in [5, 5.41) is 4.60. The summed E-state index contributed by atoms with van der Waals surface area (Å²) in [5.74, 6) is 1.90. The van der Waals surface area contributed by atoms with Crippen molar-refractivity contribution in [2.75, 3.05) is 29.2 Å². The average molecular weight is 462 g/mol. The van der Waals surface area contributed by atoms with Crippen molar-refractivity contribution >= 4 is 46.6 Å². The first-order valence-corrected chi connectivity index (χ1v) is 11.6. The van der Waals surface area contributed by atoms with E-state index in [0.717, 1.165) is 55.6 Å². The van der Waals surface area contributed by atoms with Gasteiger partial charge >= 0.3 is 0 Å². The van der Waals surface area contributed by atoms with E-state index in [9.17, 15) is 4.79 Å². The molecular weight excluding hydrogens is 433 g/mol. The maximum Gasteiger partial charge on any atom is 0.230 e. The van der Waals surface area contributed by atoms with Gasteiger partial charge in [-0.2, -0.15) is 4.98 Å². The number of aromatic nitrogens is 2. The van der Waals surface area contributed by atoms with Gasteiger partial charge in [0.05, 0.1) is 10.7 Å². The Labute approximate surface area is 193 Å². The highest BCUT2D eigenvalue weighted by molar-refractivity contribution is 6.36. The summed E-state index contributed by atoms with van der Waals surface area (Å²) in [6.07, 6.45) is 7.49. The predicted molar refractivity (Wildman–Crippen MR) is 127 cm³/mol. The molecular formula is C23H29Cl2N5O. The highest BCUT2D eigenvalue weighted by Gasteiger charge is 2.39. The lowest BCUT2D eigenvalue weighted by atomic mass is 9.89. The van der Waals surface area contributed by atoms with Crippen LogP contribution in [0.2, 0.25) is 10.0 Å². The second-order valence-electron chi connectivity index (χ2n) is 8.82. The van der Waals surface area contributed by atoms with E-state index in [-0.39, 0.29) is 23.9 Å². The van der Waals surface area contributed by atoms with Crippen LogP contribution in [0.3, 0.4) is 0 Å². The van der Waals surface area contributed by atoms with Crippen molar-refractivity contribution < 1.29 is 4.79 Å². The first-order valence-electron chi connectivity index (χ1n) is 10.9. The van der Waals surface area contributed by atoms with E-state index in [2.05, 4.69) is 15.3 Å². The molecule has 0 bridgehead atoms. The van der Waals surface area contributed by atoms with Crippen molar-refractivity contribution in [1.29, 1.82) is 0 Å². The maximum atomic E-state index is 13.1. The van der Waals surface area contributed by atoms with E-state index < -0.39 is 0 Å². The highest BCUT2D eigenvalue weighted by Crippen LogP contribution is 2.39. The fourth-order valence-corrected chi connectivity index (χ4v) is 4.81. The summed E-state index contributed by atoms with van der Waals surface area (Å²) in [4.78, 5) is 26.2. The minimum Gasteiger partial charge on any atom is -0.362 e. The number of halogens is 2. The normalized spacial score (nSPS) is 20.9. The number of nitrogens with zero attached hydrogens (tertiary/aromatic N) is 4. The van der Waals surface area contributed by atoms with Crippen LogP contribution in [-0.4, -0.2) is 42.1 Å². The third-order valence-corrected chi connectivity index (χ3v) is 6.63. The maximum absolute atomic E-state index is 13.1. The number of hydrogen-bond donors (Lipinski definition) is 1. The van der Waals surface area contributed by atoms with Crippen LogP contribution in [0.25, 0.3) is 0 Å². The number of nitrogens with one attached hydrogen (secondary N) is 1. The van der Waals surface area contributed by atoms with Crippen LogP contribution in [0.4, 0.5) is 17.5 Å². The molecule has 1 aromatic carbocycles. The molecule has 1 heterocycles. The molecule has 6 nitrogen and oxygen atoms in total. The van der Waals surface area contributed by atoms with E-state index in [4.69, 9.17) is 23.2 Å². The third kappa shape index (κ3) is 5.07. The molecule has 0 saturated heterocycles. The first kappa shape index (κ1) is 22.2. The van der Waals surface area contributed by atoms with Crippen LogP contribution in [0, 0.1) is 12.8 Å². The summed E-state index contributed by atoms with van der Waals surface area (Å²) in [5.41, 5.74) is 1.82. The van der Waals surface area contributed by atoms with Gasteiger partial charge in [0.15, 0.2) is 0 Å². The Morgan fingerprint density at radius 3 is 2.42 bits per heavy atom. The van der Waals surface area contributed by atoms with Crippen molar-refractivity contribution in [2.24, 2.45) is 5.92 Å². The van der Waals surface area contributed by atoms with E-state index in [1.165, 1.54) is 0 Å². The first-order chi connectivity index (χ1) is 14.8. The Kier molecular flexibility index (Phi) is 6.58. The molecule has 2 aromatic rings. The van der Waals surface area contributed by atoms with Crippen LogP contribution < -0.4 is 15.1 Å². The summed E-state index contributed by atoms with van der Waals surface area (Å²) >= 11 is 12.6. The van der Waals surface area contributed by atoms with E-state index in [1.54, 1.807) is 12.1 Å². The van der Waals surface area contributed by atoms with Crippen LogP contribution in [-0.2, 0) is 4.79 Å². The topological polar surface area (TPSA) is 61.4 Å². The Morgan fingerprint density at radius 2 is 1.81 bits per heavy atom. The molecule has 1 aromatic heterocycles. The molecule has 166 valence electrons. The lowest BCUT2D eigenvalue weighted by Gasteiger charge is -2.38. The Balaban J connectivity index is 1.45. The zero-order valence-electron chi connectivity index (χ0n) is 18.2. The number of benzene rings is 1. The summed E-state index contributed by atoms with van der Waals surface area (Å²) in [7, 11) is 3.97. The molecule has 2 aliphatic rings. The van der Waals surface area contributed by atoms with Gasteiger partial charge in [-0.05, 0) is 63.6 Å². The molecule has 0 unspecified atom stereocenters. The van der Waals surface area contributed by atoms with Crippen molar-refractivity contribution in [1.82, 2.24) is 9.97 Å². The van der Waals surface area contributed by atoms with Gasteiger partial charge < -0.3 is 15.1 Å².